The molecule has 2 saturated heterocycles. The van der Waals surface area contributed by atoms with E-state index in [2.05, 4.69) is 40.1 Å². The summed E-state index contributed by atoms with van der Waals surface area (Å²) in [5.41, 5.74) is 1.72. The molecule has 5 rings (SSSR count). The Hall–Kier alpha value is -2.38. The van der Waals surface area contributed by atoms with Crippen LogP contribution in [0.5, 0.6) is 0 Å². The van der Waals surface area contributed by atoms with Crippen LogP contribution in [-0.2, 0) is 17.4 Å². The first-order valence-corrected chi connectivity index (χ1v) is 15.7. The molecule has 41 heavy (non-hydrogen) atoms. The van der Waals surface area contributed by atoms with Crippen LogP contribution in [0.3, 0.4) is 0 Å². The maximum absolute atomic E-state index is 12.8. The fraction of sp³-hybridized carbons (Fsp3) is 0.618. The lowest BCUT2D eigenvalue weighted by atomic mass is 9.83. The number of piperidine rings is 1. The van der Waals surface area contributed by atoms with E-state index in [9.17, 15) is 23.1 Å². The van der Waals surface area contributed by atoms with Gasteiger partial charge in [-0.2, -0.15) is 13.2 Å². The maximum Gasteiger partial charge on any atom is 0.416 e. The van der Waals surface area contributed by atoms with Crippen LogP contribution in [-0.4, -0.2) is 59.6 Å². The van der Waals surface area contributed by atoms with Crippen LogP contribution in [0.2, 0.25) is 0 Å². The van der Waals surface area contributed by atoms with E-state index in [4.69, 9.17) is 0 Å². The quantitative estimate of drug-likeness (QED) is 0.322. The van der Waals surface area contributed by atoms with Crippen LogP contribution in [0.1, 0.15) is 80.4 Å². The van der Waals surface area contributed by atoms with Crippen LogP contribution in [0.25, 0.3) is 0 Å². The summed E-state index contributed by atoms with van der Waals surface area (Å²) in [6.07, 6.45) is 6.53. The van der Waals surface area contributed by atoms with E-state index >= 15 is 0 Å². The zero-order valence-electron chi connectivity index (χ0n) is 24.1. The number of aryl methyl sites for hydroxylation is 1. The lowest BCUT2D eigenvalue weighted by Crippen LogP contribution is -2.46. The van der Waals surface area contributed by atoms with Crippen LogP contribution >= 0.6 is 0 Å². The van der Waals surface area contributed by atoms with Gasteiger partial charge in [0.15, 0.2) is 0 Å². The number of hydrogen-bond acceptors (Lipinski definition) is 3. The highest BCUT2D eigenvalue weighted by molar-refractivity contribution is 5.74. The van der Waals surface area contributed by atoms with E-state index in [-0.39, 0.29) is 12.0 Å². The molecule has 3 fully saturated rings. The number of hydrogen-bond donors (Lipinski definition) is 1. The lowest BCUT2D eigenvalue weighted by Gasteiger charge is -2.35. The van der Waals surface area contributed by atoms with Gasteiger partial charge < -0.3 is 10.0 Å². The minimum Gasteiger partial charge on any atom is -0.480 e. The zero-order valence-corrected chi connectivity index (χ0v) is 24.1. The molecule has 1 N–H and O–H groups in total. The summed E-state index contributed by atoms with van der Waals surface area (Å²) in [5, 5.41) is 10.3. The fourth-order valence-electron chi connectivity index (χ4n) is 7.75. The second-order valence-electron chi connectivity index (χ2n) is 12.7. The third kappa shape index (κ3) is 7.92. The summed E-state index contributed by atoms with van der Waals surface area (Å²) in [4.78, 5) is 17.4. The van der Waals surface area contributed by atoms with Crippen molar-refractivity contribution in [2.45, 2.75) is 82.3 Å². The van der Waals surface area contributed by atoms with Gasteiger partial charge in [-0.05, 0) is 92.6 Å². The summed E-state index contributed by atoms with van der Waals surface area (Å²) in [5.74, 6) is 1.03. The highest BCUT2D eigenvalue weighted by Gasteiger charge is 2.43. The van der Waals surface area contributed by atoms with Gasteiger partial charge in [-0.3, -0.25) is 9.69 Å². The zero-order chi connectivity index (χ0) is 28.8. The molecule has 0 aromatic heterocycles. The monoisotopic (exact) mass is 570 g/mol. The van der Waals surface area contributed by atoms with Gasteiger partial charge in [0, 0.05) is 25.6 Å². The first-order chi connectivity index (χ1) is 19.8. The number of aliphatic carboxylic acids is 1. The van der Waals surface area contributed by atoms with Crippen LogP contribution in [0.4, 0.5) is 13.2 Å². The Bertz CT molecular complexity index is 1090. The Balaban J connectivity index is 1.13. The van der Waals surface area contributed by atoms with E-state index in [0.717, 1.165) is 96.1 Å². The van der Waals surface area contributed by atoms with Crippen LogP contribution in [0.15, 0.2) is 54.6 Å². The van der Waals surface area contributed by atoms with Gasteiger partial charge in [0.05, 0.1) is 5.56 Å². The lowest BCUT2D eigenvalue weighted by molar-refractivity contribution is -0.145. The maximum atomic E-state index is 12.8. The molecule has 224 valence electrons. The molecular weight excluding hydrogens is 525 g/mol. The highest BCUT2D eigenvalue weighted by atomic mass is 19.4. The molecule has 2 aromatic carbocycles. The SMILES string of the molecule is O=C(O)[C@@H](C1CCCCC1)N1C[C@H](CN2CCC(CCCc3ccc(C(F)(F)F)cc3)CC2)[C@@H](c2ccccc2)C1. The van der Waals surface area contributed by atoms with Crippen molar-refractivity contribution >= 4 is 5.97 Å². The van der Waals surface area contributed by atoms with Gasteiger partial charge in [0.25, 0.3) is 0 Å². The summed E-state index contributed by atoms with van der Waals surface area (Å²) in [6.45, 7) is 4.80. The summed E-state index contributed by atoms with van der Waals surface area (Å²) < 4.78 is 38.4. The molecule has 0 unspecified atom stereocenters. The van der Waals surface area contributed by atoms with Gasteiger partial charge in [0.1, 0.15) is 6.04 Å². The molecule has 3 atom stereocenters. The fourth-order valence-corrected chi connectivity index (χ4v) is 7.75. The number of carboxylic acids is 1. The molecule has 0 radical (unpaired) electrons. The van der Waals surface area contributed by atoms with Gasteiger partial charge >= 0.3 is 12.1 Å². The third-order valence-electron chi connectivity index (χ3n) is 10.00. The minimum absolute atomic E-state index is 0.259. The molecule has 1 saturated carbocycles. The van der Waals surface area contributed by atoms with Gasteiger partial charge in [-0.15, -0.1) is 0 Å². The minimum atomic E-state index is -4.28. The molecule has 1 aliphatic carbocycles. The number of carbonyl (C=O) groups is 1. The number of rotatable bonds is 10. The third-order valence-corrected chi connectivity index (χ3v) is 10.00. The van der Waals surface area contributed by atoms with E-state index in [1.165, 1.54) is 24.1 Å². The van der Waals surface area contributed by atoms with E-state index in [0.29, 0.717) is 17.8 Å². The number of benzene rings is 2. The molecule has 4 nitrogen and oxygen atoms in total. The van der Waals surface area contributed by atoms with Crippen molar-refractivity contribution in [2.24, 2.45) is 17.8 Å². The molecular formula is C34H45F3N2O2. The van der Waals surface area contributed by atoms with E-state index in [1.54, 1.807) is 12.1 Å². The first-order valence-electron chi connectivity index (χ1n) is 15.7. The molecule has 2 aliphatic heterocycles. The van der Waals surface area contributed by atoms with Crippen molar-refractivity contribution in [2.75, 3.05) is 32.7 Å². The molecule has 0 bridgehead atoms. The van der Waals surface area contributed by atoms with Crippen LogP contribution in [0, 0.1) is 17.8 Å². The first kappa shape index (κ1) is 30.1. The Morgan fingerprint density at radius 3 is 2.22 bits per heavy atom. The summed E-state index contributed by atoms with van der Waals surface area (Å²) >= 11 is 0. The number of likely N-dealkylation sites (tertiary alicyclic amines) is 2. The summed E-state index contributed by atoms with van der Waals surface area (Å²) in [7, 11) is 0. The van der Waals surface area contributed by atoms with E-state index in [1.807, 2.05) is 0 Å². The predicted molar refractivity (Wildman–Crippen MR) is 156 cm³/mol. The Kier molecular flexibility index (Phi) is 10.1. The molecule has 7 heteroatoms. The second kappa shape index (κ2) is 13.7. The average molecular weight is 571 g/mol. The normalized spacial score (nSPS) is 24.5. The van der Waals surface area contributed by atoms with Gasteiger partial charge in [-0.25, -0.2) is 0 Å². The van der Waals surface area contributed by atoms with Crippen molar-refractivity contribution in [3.63, 3.8) is 0 Å². The van der Waals surface area contributed by atoms with Crippen molar-refractivity contribution in [3.05, 3.63) is 71.3 Å². The van der Waals surface area contributed by atoms with Gasteiger partial charge in [-0.1, -0.05) is 68.1 Å². The Morgan fingerprint density at radius 1 is 0.902 bits per heavy atom. The molecule has 0 spiro atoms. The number of carboxylic acid groups (broad SMARTS) is 1. The highest BCUT2D eigenvalue weighted by Crippen LogP contribution is 2.39. The number of halogens is 3. The topological polar surface area (TPSA) is 43.8 Å². The summed E-state index contributed by atoms with van der Waals surface area (Å²) in [6, 6.07) is 15.9. The number of alkyl halides is 3. The standard InChI is InChI=1S/C34H45F3N2O2/c35-34(36,37)30-16-14-25(15-17-30)8-7-9-26-18-20-38(21-19-26)22-29-23-39(24-31(29)27-10-3-1-4-11-27)32(33(40)41)28-12-5-2-6-13-28/h1,3-4,10-11,14-17,26,28-29,31-32H,2,5-9,12-13,18-24H2,(H,40,41)/t29-,31+,32+/m0/s1. The second-order valence-corrected chi connectivity index (χ2v) is 12.7. The van der Waals surface area contributed by atoms with Crippen molar-refractivity contribution < 1.29 is 23.1 Å². The average Bonchev–Trinajstić information content (AvgIpc) is 3.37. The Morgan fingerprint density at radius 2 is 1.59 bits per heavy atom. The molecule has 3 aliphatic rings. The van der Waals surface area contributed by atoms with Crippen molar-refractivity contribution in [3.8, 4) is 0 Å². The largest absolute Gasteiger partial charge is 0.480 e. The van der Waals surface area contributed by atoms with Crippen LogP contribution < -0.4 is 0 Å². The molecule has 0 amide bonds. The van der Waals surface area contributed by atoms with Crippen molar-refractivity contribution in [1.29, 1.82) is 0 Å². The van der Waals surface area contributed by atoms with E-state index < -0.39 is 17.7 Å². The smallest absolute Gasteiger partial charge is 0.416 e. The Labute approximate surface area is 242 Å². The van der Waals surface area contributed by atoms with Gasteiger partial charge in [0.2, 0.25) is 0 Å². The van der Waals surface area contributed by atoms with Crippen molar-refractivity contribution in [1.82, 2.24) is 9.80 Å². The molecule has 2 heterocycles. The molecule has 2 aromatic rings. The number of nitrogens with zero attached hydrogens (tertiary/aromatic N) is 2. The predicted octanol–water partition coefficient (Wildman–Crippen LogP) is 7.49.